The highest BCUT2D eigenvalue weighted by molar-refractivity contribution is 5.94. The minimum absolute atomic E-state index is 0.0341. The lowest BCUT2D eigenvalue weighted by molar-refractivity contribution is -0.120. The number of rotatable bonds is 8. The van der Waals surface area contributed by atoms with Crippen LogP contribution in [0.5, 0.6) is 11.5 Å². The molecule has 5 heteroatoms. The fraction of sp³-hybridized carbons (Fsp3) is 0.316. The summed E-state index contributed by atoms with van der Waals surface area (Å²) in [5.74, 6) is 1.55. The van der Waals surface area contributed by atoms with E-state index in [0.29, 0.717) is 13.2 Å². The molecule has 0 aliphatic rings. The minimum Gasteiger partial charge on any atom is -0.497 e. The zero-order valence-electron chi connectivity index (χ0n) is 14.4. The van der Waals surface area contributed by atoms with Crippen LogP contribution in [0.2, 0.25) is 0 Å². The topological polar surface area (TPSA) is 50.8 Å². The average molecular weight is 328 g/mol. The van der Waals surface area contributed by atoms with Crippen LogP contribution in [0.1, 0.15) is 6.92 Å². The standard InChI is InChI=1S/C19H24N2O3/c1-15(19(22)20-16-7-5-4-6-8-16)21(2)13-14-24-18-11-9-17(23-3)10-12-18/h4-12,15H,13-14H2,1-3H3,(H,20,22)/t15-/m0/s1. The fourth-order valence-electron chi connectivity index (χ4n) is 2.14. The molecule has 2 rings (SSSR count). The van der Waals surface area contributed by atoms with Gasteiger partial charge < -0.3 is 14.8 Å². The van der Waals surface area contributed by atoms with Crippen molar-refractivity contribution in [3.63, 3.8) is 0 Å². The second-order valence-corrected chi connectivity index (χ2v) is 5.54. The summed E-state index contributed by atoms with van der Waals surface area (Å²) in [7, 11) is 3.54. The van der Waals surface area contributed by atoms with E-state index in [9.17, 15) is 4.79 Å². The van der Waals surface area contributed by atoms with Gasteiger partial charge in [0.25, 0.3) is 0 Å². The largest absolute Gasteiger partial charge is 0.497 e. The van der Waals surface area contributed by atoms with Gasteiger partial charge in [-0.25, -0.2) is 0 Å². The molecule has 128 valence electrons. The Morgan fingerprint density at radius 1 is 1.08 bits per heavy atom. The van der Waals surface area contributed by atoms with Crippen molar-refractivity contribution in [2.75, 3.05) is 32.6 Å². The van der Waals surface area contributed by atoms with Gasteiger partial charge >= 0.3 is 0 Å². The third-order valence-electron chi connectivity index (χ3n) is 3.85. The lowest BCUT2D eigenvalue weighted by Gasteiger charge is -2.23. The molecule has 1 N–H and O–H groups in total. The Bertz CT molecular complexity index is 629. The predicted molar refractivity (Wildman–Crippen MR) is 95.7 cm³/mol. The maximum absolute atomic E-state index is 12.3. The van der Waals surface area contributed by atoms with Crippen LogP contribution in [-0.4, -0.2) is 44.2 Å². The Labute approximate surface area is 143 Å². The van der Waals surface area contributed by atoms with Crippen molar-refractivity contribution < 1.29 is 14.3 Å². The van der Waals surface area contributed by atoms with Gasteiger partial charge in [0.15, 0.2) is 0 Å². The number of hydrogen-bond acceptors (Lipinski definition) is 4. The fourth-order valence-corrected chi connectivity index (χ4v) is 2.14. The number of nitrogens with one attached hydrogen (secondary N) is 1. The normalized spacial score (nSPS) is 11.8. The second kappa shape index (κ2) is 8.93. The first-order valence-electron chi connectivity index (χ1n) is 7.93. The van der Waals surface area contributed by atoms with Crippen LogP contribution in [0.3, 0.4) is 0 Å². The van der Waals surface area contributed by atoms with E-state index in [0.717, 1.165) is 17.2 Å². The van der Waals surface area contributed by atoms with Crippen LogP contribution in [-0.2, 0) is 4.79 Å². The number of carbonyl (C=O) groups is 1. The van der Waals surface area contributed by atoms with Crippen molar-refractivity contribution in [1.82, 2.24) is 4.90 Å². The van der Waals surface area contributed by atoms with Gasteiger partial charge in [-0.2, -0.15) is 0 Å². The number of nitrogens with zero attached hydrogens (tertiary/aromatic N) is 1. The van der Waals surface area contributed by atoms with Gasteiger partial charge in [0, 0.05) is 12.2 Å². The first kappa shape index (κ1) is 17.8. The van der Waals surface area contributed by atoms with Crippen molar-refractivity contribution in [2.45, 2.75) is 13.0 Å². The molecule has 2 aromatic carbocycles. The SMILES string of the molecule is COc1ccc(OCCN(C)[C@@H](C)C(=O)Nc2ccccc2)cc1. The van der Waals surface area contributed by atoms with E-state index in [4.69, 9.17) is 9.47 Å². The van der Waals surface area contributed by atoms with Gasteiger partial charge in [0.2, 0.25) is 5.91 Å². The second-order valence-electron chi connectivity index (χ2n) is 5.54. The summed E-state index contributed by atoms with van der Waals surface area (Å²) >= 11 is 0. The summed E-state index contributed by atoms with van der Waals surface area (Å²) in [5, 5.41) is 2.91. The van der Waals surface area contributed by atoms with Gasteiger partial charge in [0.1, 0.15) is 18.1 Å². The van der Waals surface area contributed by atoms with Crippen molar-refractivity contribution in [3.05, 3.63) is 54.6 Å². The molecule has 0 spiro atoms. The highest BCUT2D eigenvalue weighted by atomic mass is 16.5. The molecule has 2 aromatic rings. The molecule has 0 aliphatic carbocycles. The molecule has 1 amide bonds. The van der Waals surface area contributed by atoms with E-state index in [1.165, 1.54) is 0 Å². The van der Waals surface area contributed by atoms with E-state index in [2.05, 4.69) is 5.32 Å². The van der Waals surface area contributed by atoms with Crippen molar-refractivity contribution in [3.8, 4) is 11.5 Å². The maximum atomic E-state index is 12.3. The summed E-state index contributed by atoms with van der Waals surface area (Å²) in [6.45, 7) is 3.03. The Hall–Kier alpha value is -2.53. The Morgan fingerprint density at radius 3 is 2.33 bits per heavy atom. The van der Waals surface area contributed by atoms with Gasteiger partial charge in [-0.15, -0.1) is 0 Å². The summed E-state index contributed by atoms with van der Waals surface area (Å²) in [6, 6.07) is 16.7. The van der Waals surface area contributed by atoms with Crippen molar-refractivity contribution >= 4 is 11.6 Å². The first-order chi connectivity index (χ1) is 11.6. The van der Waals surface area contributed by atoms with Crippen molar-refractivity contribution in [1.29, 1.82) is 0 Å². The zero-order chi connectivity index (χ0) is 17.4. The van der Waals surface area contributed by atoms with E-state index < -0.39 is 0 Å². The molecular weight excluding hydrogens is 304 g/mol. The van der Waals surface area contributed by atoms with Gasteiger partial charge in [-0.1, -0.05) is 18.2 Å². The summed E-state index contributed by atoms with van der Waals surface area (Å²) in [4.78, 5) is 14.2. The third kappa shape index (κ3) is 5.28. The minimum atomic E-state index is -0.246. The molecule has 0 heterocycles. The van der Waals surface area contributed by atoms with Crippen LogP contribution in [0.25, 0.3) is 0 Å². The first-order valence-corrected chi connectivity index (χ1v) is 7.93. The van der Waals surface area contributed by atoms with Gasteiger partial charge in [-0.3, -0.25) is 9.69 Å². The molecular formula is C19H24N2O3. The van der Waals surface area contributed by atoms with Crippen LogP contribution in [0.4, 0.5) is 5.69 Å². The monoisotopic (exact) mass is 328 g/mol. The molecule has 0 unspecified atom stereocenters. The number of benzene rings is 2. The van der Waals surface area contributed by atoms with Crippen LogP contribution in [0, 0.1) is 0 Å². The number of likely N-dealkylation sites (N-methyl/N-ethyl adjacent to an activating group) is 1. The van der Waals surface area contributed by atoms with E-state index in [1.807, 2.05) is 73.5 Å². The molecule has 0 saturated carbocycles. The summed E-state index contributed by atoms with van der Waals surface area (Å²) in [6.07, 6.45) is 0. The summed E-state index contributed by atoms with van der Waals surface area (Å²) < 4.78 is 10.8. The Kier molecular flexibility index (Phi) is 6.63. The number of hydrogen-bond donors (Lipinski definition) is 1. The highest BCUT2D eigenvalue weighted by Crippen LogP contribution is 2.17. The molecule has 0 aliphatic heterocycles. The van der Waals surface area contributed by atoms with Crippen LogP contribution >= 0.6 is 0 Å². The maximum Gasteiger partial charge on any atom is 0.241 e. The third-order valence-corrected chi connectivity index (χ3v) is 3.85. The number of methoxy groups -OCH3 is 1. The zero-order valence-corrected chi connectivity index (χ0v) is 14.4. The average Bonchev–Trinajstić information content (AvgIpc) is 2.62. The quantitative estimate of drug-likeness (QED) is 0.809. The number of ether oxygens (including phenoxy) is 2. The molecule has 0 bridgehead atoms. The lowest BCUT2D eigenvalue weighted by atomic mass is 10.2. The molecule has 0 fully saturated rings. The van der Waals surface area contributed by atoms with Gasteiger partial charge in [-0.05, 0) is 50.4 Å². The molecule has 24 heavy (non-hydrogen) atoms. The summed E-state index contributed by atoms with van der Waals surface area (Å²) in [5.41, 5.74) is 0.803. The lowest BCUT2D eigenvalue weighted by Crippen LogP contribution is -2.41. The van der Waals surface area contributed by atoms with E-state index in [-0.39, 0.29) is 11.9 Å². The van der Waals surface area contributed by atoms with E-state index >= 15 is 0 Å². The predicted octanol–water partition coefficient (Wildman–Crippen LogP) is 3.03. The number of carbonyl (C=O) groups excluding carboxylic acids is 1. The van der Waals surface area contributed by atoms with E-state index in [1.54, 1.807) is 7.11 Å². The number of anilines is 1. The number of amides is 1. The molecule has 0 saturated heterocycles. The molecule has 0 radical (unpaired) electrons. The van der Waals surface area contributed by atoms with Gasteiger partial charge in [0.05, 0.1) is 13.2 Å². The van der Waals surface area contributed by atoms with Crippen LogP contribution in [0.15, 0.2) is 54.6 Å². The molecule has 0 aromatic heterocycles. The van der Waals surface area contributed by atoms with Crippen LogP contribution < -0.4 is 14.8 Å². The number of para-hydroxylation sites is 1. The molecule has 1 atom stereocenters. The highest BCUT2D eigenvalue weighted by Gasteiger charge is 2.17. The smallest absolute Gasteiger partial charge is 0.241 e. The van der Waals surface area contributed by atoms with Crippen molar-refractivity contribution in [2.24, 2.45) is 0 Å². The Balaban J connectivity index is 1.76. The molecule has 5 nitrogen and oxygen atoms in total. The Morgan fingerprint density at radius 2 is 1.71 bits per heavy atom.